The lowest BCUT2D eigenvalue weighted by Gasteiger charge is -2.14. The Hall–Kier alpha value is -3.13. The fourth-order valence-electron chi connectivity index (χ4n) is 2.90. The standard InChI is InChI=1S/C21H26N6O2/c1-4-5-6-20-24-25-26-27(20)18-10-16(19-8-7-14(2)12-22-19)9-17(11-18)21(29)23-15(3)13-28/h7-12,15,28H,4-6,13H2,1-3H3,(H,23,29). The summed E-state index contributed by atoms with van der Waals surface area (Å²) in [7, 11) is 0. The number of carbonyl (C=O) groups excluding carboxylic acids is 1. The maximum Gasteiger partial charge on any atom is 0.251 e. The molecule has 152 valence electrons. The summed E-state index contributed by atoms with van der Waals surface area (Å²) in [4.78, 5) is 17.2. The summed E-state index contributed by atoms with van der Waals surface area (Å²) in [5, 5.41) is 24.1. The quantitative estimate of drug-likeness (QED) is 0.608. The molecule has 3 rings (SSSR count). The smallest absolute Gasteiger partial charge is 0.251 e. The lowest BCUT2D eigenvalue weighted by atomic mass is 10.0. The van der Waals surface area contributed by atoms with Crippen LogP contribution in [0.1, 0.15) is 48.4 Å². The number of hydrogen-bond donors (Lipinski definition) is 2. The zero-order valence-electron chi connectivity index (χ0n) is 17.0. The Morgan fingerprint density at radius 3 is 2.79 bits per heavy atom. The first-order valence-corrected chi connectivity index (χ1v) is 9.79. The van der Waals surface area contributed by atoms with Gasteiger partial charge in [0.25, 0.3) is 5.91 Å². The summed E-state index contributed by atoms with van der Waals surface area (Å²) in [6.45, 7) is 5.70. The van der Waals surface area contributed by atoms with E-state index in [2.05, 4.69) is 32.7 Å². The van der Waals surface area contributed by atoms with Crippen LogP contribution in [0, 0.1) is 6.92 Å². The van der Waals surface area contributed by atoms with Crippen LogP contribution >= 0.6 is 0 Å². The Kier molecular flexibility index (Phi) is 6.66. The van der Waals surface area contributed by atoms with Crippen molar-refractivity contribution in [1.29, 1.82) is 0 Å². The van der Waals surface area contributed by atoms with E-state index in [0.717, 1.165) is 41.9 Å². The topological polar surface area (TPSA) is 106 Å². The Labute approximate surface area is 170 Å². The van der Waals surface area contributed by atoms with Gasteiger partial charge in [-0.15, -0.1) is 5.10 Å². The molecular formula is C21H26N6O2. The molecule has 1 aromatic carbocycles. The van der Waals surface area contributed by atoms with E-state index in [1.807, 2.05) is 25.1 Å². The highest BCUT2D eigenvalue weighted by Crippen LogP contribution is 2.24. The monoisotopic (exact) mass is 394 g/mol. The number of aromatic nitrogens is 5. The summed E-state index contributed by atoms with van der Waals surface area (Å²) in [5.41, 5.74) is 3.76. The minimum Gasteiger partial charge on any atom is -0.394 e. The summed E-state index contributed by atoms with van der Waals surface area (Å²) in [6.07, 6.45) is 4.55. The van der Waals surface area contributed by atoms with Crippen LogP contribution in [-0.2, 0) is 6.42 Å². The third kappa shape index (κ3) is 5.03. The Balaban J connectivity index is 2.06. The predicted molar refractivity (Wildman–Crippen MR) is 110 cm³/mol. The van der Waals surface area contributed by atoms with Crippen molar-refractivity contribution in [1.82, 2.24) is 30.5 Å². The lowest BCUT2D eigenvalue weighted by molar-refractivity contribution is 0.0922. The molecule has 8 heteroatoms. The van der Waals surface area contributed by atoms with Gasteiger partial charge in [-0.3, -0.25) is 9.78 Å². The Morgan fingerprint density at radius 2 is 2.10 bits per heavy atom. The second-order valence-electron chi connectivity index (χ2n) is 7.16. The number of aryl methyl sites for hydroxylation is 2. The number of rotatable bonds is 8. The first-order valence-electron chi connectivity index (χ1n) is 9.79. The molecular weight excluding hydrogens is 368 g/mol. The van der Waals surface area contributed by atoms with Gasteiger partial charge in [-0.1, -0.05) is 19.4 Å². The van der Waals surface area contributed by atoms with Crippen LogP contribution in [-0.4, -0.2) is 48.9 Å². The number of nitrogens with one attached hydrogen (secondary N) is 1. The van der Waals surface area contributed by atoms with Crippen molar-refractivity contribution in [3.8, 4) is 16.9 Å². The van der Waals surface area contributed by atoms with Gasteiger partial charge in [0.2, 0.25) is 0 Å². The van der Waals surface area contributed by atoms with E-state index < -0.39 is 0 Å². The number of amides is 1. The van der Waals surface area contributed by atoms with Crippen molar-refractivity contribution in [2.24, 2.45) is 0 Å². The van der Waals surface area contributed by atoms with Crippen molar-refractivity contribution >= 4 is 5.91 Å². The molecule has 0 aliphatic rings. The summed E-state index contributed by atoms with van der Waals surface area (Å²) in [6, 6.07) is 9.02. The molecule has 1 unspecified atom stereocenters. The molecule has 0 saturated carbocycles. The van der Waals surface area contributed by atoms with Gasteiger partial charge < -0.3 is 10.4 Å². The predicted octanol–water partition coefficient (Wildman–Crippen LogP) is 2.49. The van der Waals surface area contributed by atoms with Crippen molar-refractivity contribution in [2.75, 3.05) is 6.61 Å². The first kappa shape index (κ1) is 20.6. The fraction of sp³-hybridized carbons (Fsp3) is 0.381. The summed E-state index contributed by atoms with van der Waals surface area (Å²) in [5.74, 6) is 0.473. The molecule has 3 aromatic rings. The first-order chi connectivity index (χ1) is 14.0. The van der Waals surface area contributed by atoms with Crippen LogP contribution in [0.4, 0.5) is 0 Å². The number of pyridine rings is 1. The molecule has 0 aliphatic carbocycles. The molecule has 8 nitrogen and oxygen atoms in total. The average Bonchev–Trinajstić information content (AvgIpc) is 3.20. The number of carbonyl (C=O) groups is 1. The van der Waals surface area contributed by atoms with Crippen LogP contribution < -0.4 is 5.32 Å². The van der Waals surface area contributed by atoms with Gasteiger partial charge in [0.15, 0.2) is 5.82 Å². The molecule has 1 atom stereocenters. The lowest BCUT2D eigenvalue weighted by Crippen LogP contribution is -2.35. The highest BCUT2D eigenvalue weighted by atomic mass is 16.3. The number of hydrogen-bond acceptors (Lipinski definition) is 6. The van der Waals surface area contributed by atoms with E-state index >= 15 is 0 Å². The van der Waals surface area contributed by atoms with E-state index in [-0.39, 0.29) is 18.6 Å². The van der Waals surface area contributed by atoms with E-state index in [4.69, 9.17) is 0 Å². The van der Waals surface area contributed by atoms with Crippen LogP contribution in [0.15, 0.2) is 36.5 Å². The summed E-state index contributed by atoms with van der Waals surface area (Å²) >= 11 is 0. The van der Waals surface area contributed by atoms with Gasteiger partial charge in [0.1, 0.15) is 0 Å². The fourth-order valence-corrected chi connectivity index (χ4v) is 2.90. The second-order valence-corrected chi connectivity index (χ2v) is 7.16. The zero-order chi connectivity index (χ0) is 20.8. The maximum atomic E-state index is 12.7. The zero-order valence-corrected chi connectivity index (χ0v) is 17.0. The molecule has 1 amide bonds. The third-order valence-electron chi connectivity index (χ3n) is 4.57. The van der Waals surface area contributed by atoms with Crippen molar-refractivity contribution in [2.45, 2.75) is 46.1 Å². The average molecular weight is 394 g/mol. The molecule has 0 radical (unpaired) electrons. The molecule has 0 aliphatic heterocycles. The van der Waals surface area contributed by atoms with Gasteiger partial charge in [-0.25, -0.2) is 0 Å². The number of aliphatic hydroxyl groups excluding tert-OH is 1. The minimum atomic E-state index is -0.347. The van der Waals surface area contributed by atoms with E-state index in [9.17, 15) is 9.90 Å². The van der Waals surface area contributed by atoms with Gasteiger partial charge in [0, 0.05) is 29.8 Å². The highest BCUT2D eigenvalue weighted by Gasteiger charge is 2.16. The molecule has 0 saturated heterocycles. The number of tetrazole rings is 1. The van der Waals surface area contributed by atoms with Gasteiger partial charge >= 0.3 is 0 Å². The number of benzene rings is 1. The van der Waals surface area contributed by atoms with Crippen molar-refractivity contribution in [3.63, 3.8) is 0 Å². The molecule has 2 N–H and O–H groups in total. The van der Waals surface area contributed by atoms with Gasteiger partial charge in [0.05, 0.1) is 18.0 Å². The normalized spacial score (nSPS) is 12.0. The van der Waals surface area contributed by atoms with Crippen LogP contribution in [0.3, 0.4) is 0 Å². The molecule has 0 spiro atoms. The van der Waals surface area contributed by atoms with E-state index in [1.54, 1.807) is 29.9 Å². The molecule has 0 bridgehead atoms. The molecule has 0 fully saturated rings. The van der Waals surface area contributed by atoms with E-state index in [0.29, 0.717) is 11.3 Å². The van der Waals surface area contributed by atoms with Crippen molar-refractivity contribution in [3.05, 3.63) is 53.5 Å². The third-order valence-corrected chi connectivity index (χ3v) is 4.57. The summed E-state index contributed by atoms with van der Waals surface area (Å²) < 4.78 is 1.67. The van der Waals surface area contributed by atoms with Crippen molar-refractivity contribution < 1.29 is 9.90 Å². The largest absolute Gasteiger partial charge is 0.394 e. The minimum absolute atomic E-state index is 0.133. The molecule has 2 heterocycles. The highest BCUT2D eigenvalue weighted by molar-refractivity contribution is 5.96. The second kappa shape index (κ2) is 9.38. The van der Waals surface area contributed by atoms with E-state index in [1.165, 1.54) is 0 Å². The molecule has 29 heavy (non-hydrogen) atoms. The van der Waals surface area contributed by atoms with Gasteiger partial charge in [-0.2, -0.15) is 4.68 Å². The number of nitrogens with zero attached hydrogens (tertiary/aromatic N) is 5. The van der Waals surface area contributed by atoms with Crippen LogP contribution in [0.25, 0.3) is 16.9 Å². The van der Waals surface area contributed by atoms with Crippen LogP contribution in [0.5, 0.6) is 0 Å². The Morgan fingerprint density at radius 1 is 1.28 bits per heavy atom. The van der Waals surface area contributed by atoms with Crippen LogP contribution in [0.2, 0.25) is 0 Å². The Bertz CT molecular complexity index is 968. The molecule has 2 aromatic heterocycles. The number of aliphatic hydroxyl groups is 1. The number of unbranched alkanes of at least 4 members (excludes halogenated alkanes) is 1. The maximum absolute atomic E-state index is 12.7. The SMILES string of the molecule is CCCCc1nnnn1-c1cc(C(=O)NC(C)CO)cc(-c2ccc(C)cn2)c1. The van der Waals surface area contributed by atoms with Gasteiger partial charge in [-0.05, 0) is 60.5 Å².